The van der Waals surface area contributed by atoms with Crippen LogP contribution in [0.5, 0.6) is 0 Å². The Morgan fingerprint density at radius 2 is 1.31 bits per heavy atom. The number of nitrogens with zero attached hydrogens (tertiary/aromatic N) is 3. The molecule has 4 aromatic rings. The molecule has 0 fully saturated rings. The summed E-state index contributed by atoms with van der Waals surface area (Å²) in [6.45, 7) is 0. The molecule has 1 N–H and O–H groups in total. The van der Waals surface area contributed by atoms with Gasteiger partial charge in [-0.05, 0) is 0 Å². The van der Waals surface area contributed by atoms with Gasteiger partial charge in [-0.3, -0.25) is 0 Å². The SMILES string of the molecule is c1ccc(N=Nc2[se]c(Nc3ccccc3)nc2-c2ccccc2)cc1. The van der Waals surface area contributed by atoms with Crippen molar-refractivity contribution in [3.63, 3.8) is 0 Å². The predicted octanol–water partition coefficient (Wildman–Crippen LogP) is 5.96. The number of hydrogen-bond acceptors (Lipinski definition) is 4. The normalized spacial score (nSPS) is 10.9. The molecular formula is C21H16N4Se. The summed E-state index contributed by atoms with van der Waals surface area (Å²) in [5.74, 6) is 0. The molecule has 0 radical (unpaired) electrons. The topological polar surface area (TPSA) is 49.6 Å². The Labute approximate surface area is 158 Å². The predicted molar refractivity (Wildman–Crippen MR) is 107 cm³/mol. The van der Waals surface area contributed by atoms with Crippen LogP contribution < -0.4 is 5.32 Å². The van der Waals surface area contributed by atoms with Gasteiger partial charge in [-0.1, -0.05) is 0 Å². The van der Waals surface area contributed by atoms with Crippen LogP contribution in [0.25, 0.3) is 11.3 Å². The number of para-hydroxylation sites is 1. The zero-order valence-electron chi connectivity index (χ0n) is 13.9. The first kappa shape index (κ1) is 16.5. The van der Waals surface area contributed by atoms with Gasteiger partial charge in [-0.2, -0.15) is 0 Å². The Morgan fingerprint density at radius 3 is 2.00 bits per heavy atom. The fourth-order valence-electron chi connectivity index (χ4n) is 2.46. The molecule has 0 amide bonds. The van der Waals surface area contributed by atoms with Crippen molar-refractivity contribution in [1.29, 1.82) is 0 Å². The Hall–Kier alpha value is -3.01. The molecule has 1 aromatic heterocycles. The van der Waals surface area contributed by atoms with Crippen molar-refractivity contribution in [2.45, 2.75) is 0 Å². The molecule has 0 spiro atoms. The number of nitrogens with one attached hydrogen (secondary N) is 1. The van der Waals surface area contributed by atoms with E-state index in [-0.39, 0.29) is 14.5 Å². The van der Waals surface area contributed by atoms with Gasteiger partial charge in [0.25, 0.3) is 0 Å². The van der Waals surface area contributed by atoms with Gasteiger partial charge < -0.3 is 0 Å². The summed E-state index contributed by atoms with van der Waals surface area (Å²) in [5, 5.41) is 12.3. The first-order chi connectivity index (χ1) is 12.9. The Balaban J connectivity index is 1.70. The molecule has 0 bridgehead atoms. The van der Waals surface area contributed by atoms with E-state index < -0.39 is 0 Å². The van der Waals surface area contributed by atoms with E-state index in [1.165, 1.54) is 0 Å². The number of anilines is 2. The average molecular weight is 403 g/mol. The van der Waals surface area contributed by atoms with Crippen LogP contribution in [0.2, 0.25) is 0 Å². The second-order valence-electron chi connectivity index (χ2n) is 5.57. The molecule has 0 atom stereocenters. The summed E-state index contributed by atoms with van der Waals surface area (Å²) in [5.41, 5.74) is 3.82. The van der Waals surface area contributed by atoms with Gasteiger partial charge in [0, 0.05) is 0 Å². The zero-order valence-corrected chi connectivity index (χ0v) is 15.6. The summed E-state index contributed by atoms with van der Waals surface area (Å²) in [7, 11) is 0. The van der Waals surface area contributed by atoms with E-state index in [0.29, 0.717) is 0 Å². The van der Waals surface area contributed by atoms with E-state index in [1.54, 1.807) is 0 Å². The molecule has 4 nitrogen and oxygen atoms in total. The van der Waals surface area contributed by atoms with Gasteiger partial charge in [0.1, 0.15) is 0 Å². The van der Waals surface area contributed by atoms with Crippen molar-refractivity contribution in [3.8, 4) is 11.3 Å². The van der Waals surface area contributed by atoms with E-state index in [0.717, 1.165) is 31.9 Å². The van der Waals surface area contributed by atoms with Crippen molar-refractivity contribution in [2.24, 2.45) is 10.2 Å². The number of hydrogen-bond donors (Lipinski definition) is 1. The van der Waals surface area contributed by atoms with Gasteiger partial charge in [0.05, 0.1) is 0 Å². The molecule has 0 saturated carbocycles. The third-order valence-corrected chi connectivity index (χ3v) is 5.49. The summed E-state index contributed by atoms with van der Waals surface area (Å²) in [4.78, 5) is 4.81. The van der Waals surface area contributed by atoms with Crippen LogP contribution in [0.15, 0.2) is 101 Å². The molecule has 3 aromatic carbocycles. The minimum absolute atomic E-state index is 0.0285. The number of benzene rings is 3. The van der Waals surface area contributed by atoms with E-state index in [9.17, 15) is 0 Å². The molecule has 26 heavy (non-hydrogen) atoms. The molecule has 0 aliphatic carbocycles. The summed E-state index contributed by atoms with van der Waals surface area (Å²) >= 11 is -0.0285. The molecule has 5 heteroatoms. The van der Waals surface area contributed by atoms with Crippen LogP contribution in [-0.4, -0.2) is 19.5 Å². The fraction of sp³-hybridized carbons (Fsp3) is 0. The summed E-state index contributed by atoms with van der Waals surface area (Å²) < 4.78 is 1.86. The van der Waals surface area contributed by atoms with E-state index in [1.807, 2.05) is 78.9 Å². The number of rotatable bonds is 5. The van der Waals surface area contributed by atoms with Crippen LogP contribution in [-0.2, 0) is 0 Å². The first-order valence-corrected chi connectivity index (χ1v) is 9.95. The molecule has 4 rings (SSSR count). The third kappa shape index (κ3) is 3.97. The second-order valence-corrected chi connectivity index (χ2v) is 7.62. The molecule has 0 unspecified atom stereocenters. The van der Waals surface area contributed by atoms with Crippen molar-refractivity contribution < 1.29 is 0 Å². The van der Waals surface area contributed by atoms with Crippen molar-refractivity contribution >= 4 is 35.1 Å². The molecule has 0 saturated heterocycles. The Bertz CT molecular complexity index is 996. The van der Waals surface area contributed by atoms with Crippen LogP contribution in [0, 0.1) is 0 Å². The van der Waals surface area contributed by atoms with Gasteiger partial charge in [-0.25, -0.2) is 0 Å². The first-order valence-electron chi connectivity index (χ1n) is 8.23. The summed E-state index contributed by atoms with van der Waals surface area (Å²) in [6.07, 6.45) is 0. The Morgan fingerprint density at radius 1 is 0.692 bits per heavy atom. The third-order valence-electron chi connectivity index (χ3n) is 3.69. The maximum atomic E-state index is 4.81. The van der Waals surface area contributed by atoms with Crippen LogP contribution in [0.3, 0.4) is 0 Å². The summed E-state index contributed by atoms with van der Waals surface area (Å²) in [6, 6.07) is 30.0. The van der Waals surface area contributed by atoms with E-state index >= 15 is 0 Å². The molecular weight excluding hydrogens is 387 g/mol. The van der Waals surface area contributed by atoms with E-state index in [4.69, 9.17) is 4.98 Å². The molecule has 0 aliphatic heterocycles. The van der Waals surface area contributed by atoms with Crippen molar-refractivity contribution in [3.05, 3.63) is 91.0 Å². The number of aromatic nitrogens is 1. The minimum atomic E-state index is -0.0285. The van der Waals surface area contributed by atoms with Crippen LogP contribution in [0.4, 0.5) is 20.6 Å². The maximum absolute atomic E-state index is 4.81. The zero-order chi connectivity index (χ0) is 17.6. The van der Waals surface area contributed by atoms with Crippen LogP contribution >= 0.6 is 0 Å². The van der Waals surface area contributed by atoms with Gasteiger partial charge in [0.15, 0.2) is 0 Å². The molecule has 0 aliphatic rings. The fourth-order valence-corrected chi connectivity index (χ4v) is 4.20. The second kappa shape index (κ2) is 7.91. The quantitative estimate of drug-likeness (QED) is 0.330. The van der Waals surface area contributed by atoms with Crippen molar-refractivity contribution in [1.82, 2.24) is 4.98 Å². The average Bonchev–Trinajstić information content (AvgIpc) is 3.11. The van der Waals surface area contributed by atoms with Crippen LogP contribution in [0.1, 0.15) is 0 Å². The molecule has 126 valence electrons. The van der Waals surface area contributed by atoms with Gasteiger partial charge in [-0.15, -0.1) is 0 Å². The number of azo groups is 1. The standard InChI is InChI=1S/C21H16N4Se/c1-4-10-16(11-5-1)19-20(25-24-18-14-8-3-9-15-18)26-21(23-19)22-17-12-6-2-7-13-17/h1-15H,(H,22,23). The van der Waals surface area contributed by atoms with Gasteiger partial charge >= 0.3 is 158 Å². The molecule has 1 heterocycles. The van der Waals surface area contributed by atoms with E-state index in [2.05, 4.69) is 27.7 Å². The van der Waals surface area contributed by atoms with Gasteiger partial charge in [0.2, 0.25) is 0 Å². The monoisotopic (exact) mass is 404 g/mol. The van der Waals surface area contributed by atoms with Crippen molar-refractivity contribution in [2.75, 3.05) is 5.32 Å². The Kier molecular flexibility index (Phi) is 5.01.